The maximum Gasteiger partial charge on any atom is 0.417 e. The minimum absolute atomic E-state index is 0.0292. The van der Waals surface area contributed by atoms with E-state index in [1.165, 1.54) is 19.2 Å². The molecule has 0 N–H and O–H groups in total. The molecule has 0 fully saturated rings. The Kier molecular flexibility index (Phi) is 4.72. The number of nitro benzene ring substituents is 1. The van der Waals surface area contributed by atoms with Gasteiger partial charge in [-0.3, -0.25) is 10.1 Å². The Balaban J connectivity index is 2.41. The molecule has 0 aliphatic rings. The first kappa shape index (κ1) is 17.3. The maximum absolute atomic E-state index is 12.9. The van der Waals surface area contributed by atoms with Crippen molar-refractivity contribution in [2.24, 2.45) is 0 Å². The second kappa shape index (κ2) is 6.57. The Labute approximate surface area is 133 Å². The summed E-state index contributed by atoms with van der Waals surface area (Å²) in [5.41, 5.74) is -2.28. The molecular formula is C15H10F3NO5. The van der Waals surface area contributed by atoms with E-state index in [1.54, 1.807) is 0 Å². The predicted octanol–water partition coefficient (Wildman–Crippen LogP) is 3.84. The van der Waals surface area contributed by atoms with Crippen LogP contribution in [-0.2, 0) is 6.18 Å². The monoisotopic (exact) mass is 341 g/mol. The molecule has 0 radical (unpaired) electrons. The van der Waals surface area contributed by atoms with E-state index in [0.29, 0.717) is 0 Å². The molecule has 9 heteroatoms. The zero-order chi connectivity index (χ0) is 17.9. The lowest BCUT2D eigenvalue weighted by atomic mass is 10.1. The highest BCUT2D eigenvalue weighted by Crippen LogP contribution is 2.35. The van der Waals surface area contributed by atoms with Crippen LogP contribution in [0.2, 0.25) is 0 Å². The molecule has 0 saturated heterocycles. The molecule has 0 spiro atoms. The lowest BCUT2D eigenvalue weighted by Gasteiger charge is -2.13. The molecule has 2 rings (SSSR count). The lowest BCUT2D eigenvalue weighted by molar-refractivity contribution is -0.384. The summed E-state index contributed by atoms with van der Waals surface area (Å²) in [6.45, 7) is 0. The summed E-state index contributed by atoms with van der Waals surface area (Å²) in [4.78, 5) is 22.1. The minimum atomic E-state index is -4.75. The van der Waals surface area contributed by atoms with Crippen molar-refractivity contribution in [1.29, 1.82) is 0 Å². The molecule has 0 aromatic heterocycles. The molecule has 24 heavy (non-hydrogen) atoms. The molecule has 0 aliphatic carbocycles. The average molecular weight is 341 g/mol. The quantitative estimate of drug-likeness (QED) is 0.365. The molecule has 0 heterocycles. The van der Waals surface area contributed by atoms with Gasteiger partial charge < -0.3 is 9.47 Å². The first-order valence-electron chi connectivity index (χ1n) is 6.45. The molecule has 0 amide bonds. The third-order valence-electron chi connectivity index (χ3n) is 3.01. The first-order valence-corrected chi connectivity index (χ1v) is 6.45. The molecule has 0 unspecified atom stereocenters. The number of hydrogen-bond donors (Lipinski definition) is 0. The van der Waals surface area contributed by atoms with Crippen molar-refractivity contribution >= 4 is 11.7 Å². The Morgan fingerprint density at radius 3 is 2.38 bits per heavy atom. The topological polar surface area (TPSA) is 78.7 Å². The Bertz CT molecular complexity index is 789. The van der Waals surface area contributed by atoms with Gasteiger partial charge in [0.25, 0.3) is 5.69 Å². The molecule has 2 aromatic rings. The Morgan fingerprint density at radius 1 is 1.12 bits per heavy atom. The zero-order valence-electron chi connectivity index (χ0n) is 12.2. The van der Waals surface area contributed by atoms with E-state index in [4.69, 9.17) is 9.47 Å². The summed E-state index contributed by atoms with van der Waals surface area (Å²) in [6.07, 6.45) is -4.75. The van der Waals surface area contributed by atoms with E-state index >= 15 is 0 Å². The van der Waals surface area contributed by atoms with Gasteiger partial charge in [-0.15, -0.1) is 0 Å². The second-order valence-corrected chi connectivity index (χ2v) is 4.53. The number of esters is 1. The van der Waals surface area contributed by atoms with Crippen LogP contribution in [0.5, 0.6) is 11.5 Å². The number of hydrogen-bond acceptors (Lipinski definition) is 5. The number of benzene rings is 2. The highest BCUT2D eigenvalue weighted by Gasteiger charge is 2.35. The van der Waals surface area contributed by atoms with Crippen LogP contribution in [0.25, 0.3) is 0 Å². The molecule has 2 aromatic carbocycles. The first-order chi connectivity index (χ1) is 11.2. The highest BCUT2D eigenvalue weighted by molar-refractivity contribution is 5.93. The van der Waals surface area contributed by atoms with E-state index < -0.39 is 33.9 Å². The van der Waals surface area contributed by atoms with Crippen LogP contribution < -0.4 is 9.47 Å². The second-order valence-electron chi connectivity index (χ2n) is 4.53. The van der Waals surface area contributed by atoms with Crippen LogP contribution in [0.3, 0.4) is 0 Å². The van der Waals surface area contributed by atoms with Crippen molar-refractivity contribution in [2.75, 3.05) is 7.11 Å². The summed E-state index contributed by atoms with van der Waals surface area (Å²) < 4.78 is 48.6. The molecule has 6 nitrogen and oxygen atoms in total. The Morgan fingerprint density at radius 2 is 1.79 bits per heavy atom. The number of carbonyl (C=O) groups excluding carboxylic acids is 1. The van der Waals surface area contributed by atoms with Crippen molar-refractivity contribution in [2.45, 2.75) is 6.18 Å². The number of nitro groups is 1. The largest absolute Gasteiger partial charge is 0.493 e. The van der Waals surface area contributed by atoms with Gasteiger partial charge in [-0.05, 0) is 18.2 Å². The Hall–Kier alpha value is -3.10. The van der Waals surface area contributed by atoms with Crippen LogP contribution in [0.15, 0.2) is 42.5 Å². The molecule has 0 atom stereocenters. The van der Waals surface area contributed by atoms with Gasteiger partial charge in [0.2, 0.25) is 0 Å². The predicted molar refractivity (Wildman–Crippen MR) is 76.1 cm³/mol. The normalized spacial score (nSPS) is 11.0. The highest BCUT2D eigenvalue weighted by atomic mass is 19.4. The van der Waals surface area contributed by atoms with E-state index in [-0.39, 0.29) is 11.5 Å². The van der Waals surface area contributed by atoms with Crippen LogP contribution in [0, 0.1) is 10.1 Å². The standard InChI is InChI=1S/C15H10F3NO5/c1-23-12-7-6-9(19(21)22)8-13(12)24-14(20)10-4-2-3-5-11(10)15(16,17)18/h2-8H,1H3. The fraction of sp³-hybridized carbons (Fsp3) is 0.133. The zero-order valence-corrected chi connectivity index (χ0v) is 12.2. The van der Waals surface area contributed by atoms with Crippen LogP contribution in [-0.4, -0.2) is 18.0 Å². The summed E-state index contributed by atoms with van der Waals surface area (Å²) in [5, 5.41) is 10.8. The smallest absolute Gasteiger partial charge is 0.417 e. The summed E-state index contributed by atoms with van der Waals surface area (Å²) in [7, 11) is 1.22. The van der Waals surface area contributed by atoms with Crippen molar-refractivity contribution in [3.63, 3.8) is 0 Å². The van der Waals surface area contributed by atoms with Crippen molar-refractivity contribution in [3.8, 4) is 11.5 Å². The van der Waals surface area contributed by atoms with Crippen LogP contribution in [0.1, 0.15) is 15.9 Å². The number of non-ortho nitro benzene ring substituents is 1. The maximum atomic E-state index is 12.9. The van der Waals surface area contributed by atoms with Gasteiger partial charge in [-0.2, -0.15) is 13.2 Å². The van der Waals surface area contributed by atoms with Crippen molar-refractivity contribution in [1.82, 2.24) is 0 Å². The molecular weight excluding hydrogens is 331 g/mol. The number of alkyl halides is 3. The van der Waals surface area contributed by atoms with E-state index in [9.17, 15) is 28.1 Å². The SMILES string of the molecule is COc1ccc([N+](=O)[O-])cc1OC(=O)c1ccccc1C(F)(F)F. The fourth-order valence-electron chi connectivity index (χ4n) is 1.92. The van der Waals surface area contributed by atoms with Gasteiger partial charge >= 0.3 is 12.1 Å². The van der Waals surface area contributed by atoms with Crippen LogP contribution >= 0.6 is 0 Å². The lowest BCUT2D eigenvalue weighted by Crippen LogP contribution is -2.17. The van der Waals surface area contributed by atoms with Crippen LogP contribution in [0.4, 0.5) is 18.9 Å². The summed E-state index contributed by atoms with van der Waals surface area (Å²) in [5.74, 6) is -1.69. The minimum Gasteiger partial charge on any atom is -0.493 e. The molecule has 0 aliphatic heterocycles. The number of methoxy groups -OCH3 is 1. The molecule has 126 valence electrons. The summed E-state index contributed by atoms with van der Waals surface area (Å²) >= 11 is 0. The van der Waals surface area contributed by atoms with Crippen molar-refractivity contribution < 1.29 is 32.4 Å². The van der Waals surface area contributed by atoms with Gasteiger partial charge in [0.15, 0.2) is 11.5 Å². The third kappa shape index (κ3) is 3.62. The number of rotatable bonds is 4. The third-order valence-corrected chi connectivity index (χ3v) is 3.01. The number of halogens is 3. The van der Waals surface area contributed by atoms with E-state index in [2.05, 4.69) is 0 Å². The average Bonchev–Trinajstić information content (AvgIpc) is 2.53. The van der Waals surface area contributed by atoms with Gasteiger partial charge in [-0.1, -0.05) is 12.1 Å². The number of nitrogens with zero attached hydrogens (tertiary/aromatic N) is 1. The van der Waals surface area contributed by atoms with E-state index in [1.807, 2.05) is 0 Å². The summed E-state index contributed by atoms with van der Waals surface area (Å²) in [6, 6.07) is 7.25. The van der Waals surface area contributed by atoms with Gasteiger partial charge in [0.1, 0.15) is 0 Å². The molecule has 0 bridgehead atoms. The number of ether oxygens (including phenoxy) is 2. The fourth-order valence-corrected chi connectivity index (χ4v) is 1.92. The van der Waals surface area contributed by atoms with Crippen molar-refractivity contribution in [3.05, 3.63) is 63.7 Å². The van der Waals surface area contributed by atoms with Gasteiger partial charge in [0, 0.05) is 6.07 Å². The van der Waals surface area contributed by atoms with Gasteiger partial charge in [-0.25, -0.2) is 4.79 Å². The van der Waals surface area contributed by atoms with Gasteiger partial charge in [0.05, 0.1) is 29.2 Å². The van der Waals surface area contributed by atoms with E-state index in [0.717, 1.165) is 30.3 Å². The number of carbonyl (C=O) groups is 1. The molecule has 0 saturated carbocycles.